The van der Waals surface area contributed by atoms with Gasteiger partial charge in [-0.05, 0) is 41.8 Å². The highest BCUT2D eigenvalue weighted by Crippen LogP contribution is 2.42. The highest BCUT2D eigenvalue weighted by molar-refractivity contribution is 6.30. The van der Waals surface area contributed by atoms with Gasteiger partial charge in [0, 0.05) is 29.0 Å². The molecule has 0 saturated carbocycles. The average molecular weight is 645 g/mol. The third-order valence-electron chi connectivity index (χ3n) is 5.68. The quantitative estimate of drug-likeness (QED) is 0.201. The van der Waals surface area contributed by atoms with Gasteiger partial charge in [0.25, 0.3) is 0 Å². The van der Waals surface area contributed by atoms with E-state index < -0.39 is 106 Å². The molecule has 2 atom stereocenters. The largest absolute Gasteiger partial charge is 0.417 e. The smallest absolute Gasteiger partial charge is 0.299 e. The molecule has 0 heterocycles. The van der Waals surface area contributed by atoms with Crippen LogP contribution in [-0.2, 0) is 17.1 Å². The molecule has 0 spiro atoms. The normalized spacial score (nSPS) is 15.0. The van der Waals surface area contributed by atoms with Crippen molar-refractivity contribution in [2.24, 2.45) is 5.92 Å². The second-order valence-electron chi connectivity index (χ2n) is 9.33. The van der Waals surface area contributed by atoms with Crippen LogP contribution in [0.25, 0.3) is 5.83 Å². The van der Waals surface area contributed by atoms with Crippen LogP contribution in [0.1, 0.15) is 64.7 Å². The Hall–Kier alpha value is -3.10. The molecule has 2 nitrogen and oxygen atoms in total. The molecule has 2 aromatic carbocycles. The van der Waals surface area contributed by atoms with Gasteiger partial charge in [-0.25, -0.2) is 4.39 Å². The SMILES string of the molecule is C[C@H](CC(=O)CC(F)(F)F)CC(=O)c1ccc(/C(F)=C/C(c2cc(Cl)cc(C(F)(F)F)c2)C(F)(F)F)cc1C(F)(F)F. The zero-order valence-electron chi connectivity index (χ0n) is 20.9. The predicted molar refractivity (Wildman–Crippen MR) is 124 cm³/mol. The van der Waals surface area contributed by atoms with E-state index in [1.54, 1.807) is 0 Å². The zero-order valence-corrected chi connectivity index (χ0v) is 21.7. The van der Waals surface area contributed by atoms with Crippen molar-refractivity contribution in [3.05, 3.63) is 75.3 Å². The molecule has 1 unspecified atom stereocenters. The molecule has 0 fully saturated rings. The maximum absolute atomic E-state index is 15.0. The molecule has 2 rings (SSSR count). The monoisotopic (exact) mass is 644 g/mol. The Kier molecular flexibility index (Phi) is 10.6. The number of alkyl halides is 12. The van der Waals surface area contributed by atoms with Gasteiger partial charge in [0.15, 0.2) is 5.78 Å². The molecule has 232 valence electrons. The molecule has 16 heteroatoms. The summed E-state index contributed by atoms with van der Waals surface area (Å²) in [6, 6.07) is 1.80. The number of carbonyl (C=O) groups is 2. The van der Waals surface area contributed by atoms with Gasteiger partial charge in [0.05, 0.1) is 11.1 Å². The van der Waals surface area contributed by atoms with Crippen LogP contribution in [0.3, 0.4) is 0 Å². The Morgan fingerprint density at radius 3 is 1.93 bits per heavy atom. The van der Waals surface area contributed by atoms with E-state index in [9.17, 15) is 66.7 Å². The lowest BCUT2D eigenvalue weighted by Gasteiger charge is -2.20. The molecule has 0 aliphatic rings. The van der Waals surface area contributed by atoms with E-state index in [-0.39, 0.29) is 18.2 Å². The highest BCUT2D eigenvalue weighted by atomic mass is 35.5. The molecule has 0 aliphatic heterocycles. The van der Waals surface area contributed by atoms with Crippen LogP contribution >= 0.6 is 11.6 Å². The Morgan fingerprint density at radius 2 is 1.43 bits per heavy atom. The van der Waals surface area contributed by atoms with Crippen LogP contribution in [-0.4, -0.2) is 23.9 Å². The van der Waals surface area contributed by atoms with Crippen molar-refractivity contribution in [3.8, 4) is 0 Å². The standard InChI is InChI=1S/C26H18ClF13O2/c1-12(4-17(41)11-23(29,30)31)5-22(42)18-3-2-13(8-20(18)26(38,39)40)21(28)10-19(25(35,36)37)14-6-15(24(32,33)34)9-16(27)7-14/h2-3,6-10,12,19H,4-5,11H2,1H3/b21-10-/t12-,19?/m1/s1. The van der Waals surface area contributed by atoms with E-state index in [1.165, 1.54) is 0 Å². The van der Waals surface area contributed by atoms with Crippen LogP contribution in [0.5, 0.6) is 0 Å². The minimum atomic E-state index is -5.42. The van der Waals surface area contributed by atoms with Gasteiger partial charge >= 0.3 is 24.7 Å². The number of allylic oxidation sites excluding steroid dienone is 1. The Morgan fingerprint density at radius 1 is 0.833 bits per heavy atom. The van der Waals surface area contributed by atoms with E-state index in [0.717, 1.165) is 6.92 Å². The fourth-order valence-electron chi connectivity index (χ4n) is 3.93. The van der Waals surface area contributed by atoms with E-state index in [4.69, 9.17) is 11.6 Å². The van der Waals surface area contributed by atoms with Gasteiger partial charge in [-0.1, -0.05) is 30.7 Å². The zero-order chi connectivity index (χ0) is 32.4. The lowest BCUT2D eigenvalue weighted by Crippen LogP contribution is -2.20. The Balaban J connectivity index is 2.48. The van der Waals surface area contributed by atoms with Gasteiger partial charge in [-0.3, -0.25) is 9.59 Å². The molecular weight excluding hydrogens is 627 g/mol. The first kappa shape index (κ1) is 35.1. The van der Waals surface area contributed by atoms with Crippen LogP contribution in [0.2, 0.25) is 5.02 Å². The maximum atomic E-state index is 15.0. The van der Waals surface area contributed by atoms with Gasteiger partial charge < -0.3 is 0 Å². The number of rotatable bonds is 9. The minimum absolute atomic E-state index is 0.00505. The number of ketones is 2. The molecule has 0 aliphatic carbocycles. The number of hydrogen-bond donors (Lipinski definition) is 0. The van der Waals surface area contributed by atoms with Crippen LogP contribution in [0, 0.1) is 5.92 Å². The molecule has 0 radical (unpaired) electrons. The van der Waals surface area contributed by atoms with Crippen molar-refractivity contribution in [2.75, 3.05) is 0 Å². The third kappa shape index (κ3) is 10.0. The first-order valence-corrected chi connectivity index (χ1v) is 11.9. The number of benzene rings is 2. The lowest BCUT2D eigenvalue weighted by atomic mass is 9.91. The van der Waals surface area contributed by atoms with E-state index in [1.807, 2.05) is 0 Å². The summed E-state index contributed by atoms with van der Waals surface area (Å²) >= 11 is 5.51. The molecule has 0 aromatic heterocycles. The summed E-state index contributed by atoms with van der Waals surface area (Å²) in [5.41, 5.74) is -6.75. The fourth-order valence-corrected chi connectivity index (χ4v) is 4.17. The number of Topliss-reactive ketones (excluding diaryl/α,β-unsaturated/α-hetero) is 2. The van der Waals surface area contributed by atoms with Gasteiger partial charge in [-0.15, -0.1) is 0 Å². The van der Waals surface area contributed by atoms with Crippen LogP contribution < -0.4 is 0 Å². The Bertz CT molecular complexity index is 1340. The van der Waals surface area contributed by atoms with E-state index in [2.05, 4.69) is 0 Å². The number of halogens is 14. The van der Waals surface area contributed by atoms with Crippen LogP contribution in [0.4, 0.5) is 57.1 Å². The van der Waals surface area contributed by atoms with Gasteiger partial charge in [-0.2, -0.15) is 52.7 Å². The number of hydrogen-bond acceptors (Lipinski definition) is 2. The molecule has 0 bridgehead atoms. The molecular formula is C26H18ClF13O2. The second-order valence-corrected chi connectivity index (χ2v) is 9.77. The minimum Gasteiger partial charge on any atom is -0.299 e. The van der Waals surface area contributed by atoms with Crippen molar-refractivity contribution in [2.45, 2.75) is 56.8 Å². The van der Waals surface area contributed by atoms with Gasteiger partial charge in [0.1, 0.15) is 23.9 Å². The topological polar surface area (TPSA) is 34.1 Å². The maximum Gasteiger partial charge on any atom is 0.417 e. The van der Waals surface area contributed by atoms with Crippen molar-refractivity contribution in [1.82, 2.24) is 0 Å². The summed E-state index contributed by atoms with van der Waals surface area (Å²) in [6.45, 7) is 1.13. The second kappa shape index (κ2) is 12.6. The first-order valence-electron chi connectivity index (χ1n) is 11.5. The molecule has 0 amide bonds. The van der Waals surface area contributed by atoms with E-state index in [0.29, 0.717) is 24.3 Å². The summed E-state index contributed by atoms with van der Waals surface area (Å²) < 4.78 is 174. The van der Waals surface area contributed by atoms with Gasteiger partial charge in [0.2, 0.25) is 0 Å². The third-order valence-corrected chi connectivity index (χ3v) is 5.90. The molecule has 42 heavy (non-hydrogen) atoms. The van der Waals surface area contributed by atoms with Crippen molar-refractivity contribution in [3.63, 3.8) is 0 Å². The summed E-state index contributed by atoms with van der Waals surface area (Å²) in [6.07, 6.45) is -24.4. The predicted octanol–water partition coefficient (Wildman–Crippen LogP) is 10.2. The van der Waals surface area contributed by atoms with E-state index >= 15 is 0 Å². The molecule has 2 aromatic rings. The Labute approximate surface area is 234 Å². The molecule has 0 saturated heterocycles. The van der Waals surface area contributed by atoms with Crippen LogP contribution in [0.15, 0.2) is 42.5 Å². The number of carbonyl (C=O) groups excluding carboxylic acids is 2. The summed E-state index contributed by atoms with van der Waals surface area (Å²) in [7, 11) is 0. The molecule has 0 N–H and O–H groups in total. The van der Waals surface area contributed by atoms with Crippen molar-refractivity contribution in [1.29, 1.82) is 0 Å². The first-order chi connectivity index (χ1) is 18.9. The highest BCUT2D eigenvalue weighted by Gasteiger charge is 2.42. The lowest BCUT2D eigenvalue weighted by molar-refractivity contribution is -0.153. The fraction of sp³-hybridized carbons (Fsp3) is 0.385. The average Bonchev–Trinajstić information content (AvgIpc) is 2.78. The summed E-state index contributed by atoms with van der Waals surface area (Å²) in [5, 5.41) is -0.778. The summed E-state index contributed by atoms with van der Waals surface area (Å²) in [5.74, 6) is -8.75. The van der Waals surface area contributed by atoms with Crippen molar-refractivity contribution >= 4 is 29.0 Å². The van der Waals surface area contributed by atoms with Crippen molar-refractivity contribution < 1.29 is 66.7 Å². The summed E-state index contributed by atoms with van der Waals surface area (Å²) in [4.78, 5) is 24.0.